The monoisotopic (exact) mass is 608 g/mol. The van der Waals surface area contributed by atoms with Crippen molar-refractivity contribution >= 4 is 44.1 Å². The lowest BCUT2D eigenvalue weighted by Gasteiger charge is -2.23. The van der Waals surface area contributed by atoms with Crippen LogP contribution in [0.1, 0.15) is 23.0 Å². The summed E-state index contributed by atoms with van der Waals surface area (Å²) in [5.41, 5.74) is 11.9. The average Bonchev–Trinajstić information content (AvgIpc) is 2.86. The van der Waals surface area contributed by atoms with E-state index in [0.717, 1.165) is 29.0 Å². The zero-order valence-electron chi connectivity index (χ0n) is 21.9. The zero-order valence-corrected chi connectivity index (χ0v) is 23.4. The van der Waals surface area contributed by atoms with Crippen molar-refractivity contribution in [1.82, 2.24) is 9.55 Å². The summed E-state index contributed by atoms with van der Waals surface area (Å²) in [6.45, 7) is 0. The first-order chi connectivity index (χ1) is 19.2. The van der Waals surface area contributed by atoms with Crippen LogP contribution in [0.2, 0.25) is 5.02 Å². The minimum Gasteiger partial charge on any atom is -0.491 e. The van der Waals surface area contributed by atoms with Crippen molar-refractivity contribution in [3.63, 3.8) is 0 Å². The van der Waals surface area contributed by atoms with Crippen LogP contribution in [0.3, 0.4) is 0 Å². The summed E-state index contributed by atoms with van der Waals surface area (Å²) in [7, 11) is -1.26. The third kappa shape index (κ3) is 5.99. The molecule has 0 aliphatic carbocycles. The molecule has 1 unspecified atom stereocenters. The number of halogens is 4. The Kier molecular flexibility index (Phi) is 8.29. The van der Waals surface area contributed by atoms with Crippen LogP contribution in [-0.2, 0) is 16.4 Å². The Morgan fingerprint density at radius 3 is 2.41 bits per heavy atom. The van der Waals surface area contributed by atoms with Gasteiger partial charge >= 0.3 is 0 Å². The van der Waals surface area contributed by atoms with Crippen molar-refractivity contribution in [3.8, 4) is 11.4 Å². The third-order valence-corrected chi connectivity index (χ3v) is 6.87. The SMILES string of the molecule is CNc1c(-n2c(C(N)Cc3cc(F)cc(F)c3)nc3c(OC)c(F)ccc3c2=O)ccc(Cl)c1/C(N)=N/S(C)(=O)=O. The van der Waals surface area contributed by atoms with E-state index in [1.165, 1.54) is 32.4 Å². The van der Waals surface area contributed by atoms with Gasteiger partial charge in [-0.25, -0.2) is 26.6 Å². The van der Waals surface area contributed by atoms with E-state index in [0.29, 0.717) is 6.07 Å². The second-order valence-corrected chi connectivity index (χ2v) is 11.0. The van der Waals surface area contributed by atoms with E-state index in [2.05, 4.69) is 14.7 Å². The van der Waals surface area contributed by atoms with Gasteiger partial charge in [0.05, 0.1) is 46.8 Å². The molecule has 1 aromatic heterocycles. The lowest BCUT2D eigenvalue weighted by Crippen LogP contribution is -2.31. The van der Waals surface area contributed by atoms with Crippen molar-refractivity contribution in [2.75, 3.05) is 25.7 Å². The quantitative estimate of drug-likeness (QED) is 0.203. The number of rotatable bonds is 8. The van der Waals surface area contributed by atoms with Gasteiger partial charge in [0.25, 0.3) is 15.6 Å². The lowest BCUT2D eigenvalue weighted by atomic mass is 10.0. The van der Waals surface area contributed by atoms with Crippen LogP contribution < -0.4 is 27.1 Å². The van der Waals surface area contributed by atoms with Gasteiger partial charge in [-0.15, -0.1) is 4.40 Å². The summed E-state index contributed by atoms with van der Waals surface area (Å²) in [5, 5.41) is 2.82. The van der Waals surface area contributed by atoms with Crippen molar-refractivity contribution in [2.24, 2.45) is 15.9 Å². The molecule has 0 spiro atoms. The summed E-state index contributed by atoms with van der Waals surface area (Å²) in [4.78, 5) is 18.5. The molecule has 4 rings (SSSR count). The van der Waals surface area contributed by atoms with Gasteiger partial charge in [-0.3, -0.25) is 9.36 Å². The van der Waals surface area contributed by atoms with Crippen molar-refractivity contribution < 1.29 is 26.3 Å². The molecule has 3 aromatic carbocycles. The Balaban J connectivity index is 2.09. The number of benzene rings is 3. The molecule has 10 nitrogen and oxygen atoms in total. The maximum Gasteiger partial charge on any atom is 0.266 e. The minimum absolute atomic E-state index is 0.00891. The lowest BCUT2D eigenvalue weighted by molar-refractivity contribution is 0.390. The molecule has 0 saturated heterocycles. The Labute approximate surface area is 237 Å². The molecule has 0 radical (unpaired) electrons. The number of nitrogens with two attached hydrogens (primary N) is 2. The number of fused-ring (bicyclic) bond motifs is 1. The van der Waals surface area contributed by atoms with E-state index in [4.69, 9.17) is 27.8 Å². The Morgan fingerprint density at radius 2 is 1.83 bits per heavy atom. The molecule has 41 heavy (non-hydrogen) atoms. The Morgan fingerprint density at radius 1 is 1.17 bits per heavy atom. The van der Waals surface area contributed by atoms with Gasteiger partial charge in [0.1, 0.15) is 28.8 Å². The first-order valence-corrected chi connectivity index (χ1v) is 14.0. The number of ether oxygens (including phenoxy) is 1. The molecule has 216 valence electrons. The summed E-state index contributed by atoms with van der Waals surface area (Å²) in [6.07, 6.45) is 0.657. The van der Waals surface area contributed by atoms with Gasteiger partial charge in [-0.2, -0.15) is 0 Å². The van der Waals surface area contributed by atoms with Crippen LogP contribution in [0.5, 0.6) is 5.75 Å². The van der Waals surface area contributed by atoms with Crippen molar-refractivity contribution in [1.29, 1.82) is 0 Å². The van der Waals surface area contributed by atoms with E-state index in [-0.39, 0.29) is 56.4 Å². The van der Waals surface area contributed by atoms with Crippen LogP contribution in [0.25, 0.3) is 16.6 Å². The molecule has 0 fully saturated rings. The Bertz CT molecular complexity index is 1860. The highest BCUT2D eigenvalue weighted by Crippen LogP contribution is 2.34. The van der Waals surface area contributed by atoms with Crippen LogP contribution in [0, 0.1) is 17.5 Å². The summed E-state index contributed by atoms with van der Waals surface area (Å²) < 4.78 is 75.8. The van der Waals surface area contributed by atoms with Gasteiger partial charge < -0.3 is 21.5 Å². The highest BCUT2D eigenvalue weighted by atomic mass is 35.5. The minimum atomic E-state index is -3.94. The molecule has 4 aromatic rings. The summed E-state index contributed by atoms with van der Waals surface area (Å²) in [5.74, 6) is -3.37. The number of anilines is 1. The highest BCUT2D eigenvalue weighted by Gasteiger charge is 2.26. The van der Waals surface area contributed by atoms with E-state index in [1.807, 2.05) is 0 Å². The van der Waals surface area contributed by atoms with Crippen molar-refractivity contribution in [2.45, 2.75) is 12.5 Å². The first kappa shape index (κ1) is 29.8. The molecule has 5 N–H and O–H groups in total. The van der Waals surface area contributed by atoms with Gasteiger partial charge in [-0.1, -0.05) is 11.6 Å². The second-order valence-electron chi connectivity index (χ2n) is 8.95. The van der Waals surface area contributed by atoms with Gasteiger partial charge in [0.2, 0.25) is 0 Å². The molecule has 1 heterocycles. The van der Waals surface area contributed by atoms with Crippen LogP contribution in [-0.4, -0.2) is 44.2 Å². The highest BCUT2D eigenvalue weighted by molar-refractivity contribution is 7.89. The number of aromatic nitrogens is 2. The molecule has 1 atom stereocenters. The normalized spacial score (nSPS) is 12.9. The average molecular weight is 609 g/mol. The van der Waals surface area contributed by atoms with Crippen LogP contribution >= 0.6 is 11.6 Å². The maximum atomic E-state index is 14.6. The van der Waals surface area contributed by atoms with Crippen LogP contribution in [0.4, 0.5) is 18.9 Å². The molecule has 15 heteroatoms. The largest absolute Gasteiger partial charge is 0.491 e. The molecule has 0 aliphatic heterocycles. The van der Waals surface area contributed by atoms with Gasteiger partial charge in [0.15, 0.2) is 11.6 Å². The molecular formula is C26H24ClF3N6O4S. The smallest absolute Gasteiger partial charge is 0.266 e. The molecule has 0 amide bonds. The summed E-state index contributed by atoms with van der Waals surface area (Å²) >= 11 is 6.37. The van der Waals surface area contributed by atoms with Gasteiger partial charge in [0, 0.05) is 13.1 Å². The number of methoxy groups -OCH3 is 1. The fraction of sp³-hybridized carbons (Fsp3) is 0.192. The predicted octanol–water partition coefficient (Wildman–Crippen LogP) is 3.41. The number of nitrogens with one attached hydrogen (secondary N) is 1. The second kappa shape index (κ2) is 11.4. The third-order valence-electron chi connectivity index (χ3n) is 6.03. The first-order valence-electron chi connectivity index (χ1n) is 11.8. The van der Waals surface area contributed by atoms with E-state index < -0.39 is 44.9 Å². The number of sulfonamides is 1. The van der Waals surface area contributed by atoms with Gasteiger partial charge in [-0.05, 0) is 48.4 Å². The molecule has 0 aliphatic rings. The number of hydrogen-bond donors (Lipinski definition) is 3. The van der Waals surface area contributed by atoms with E-state index in [1.54, 1.807) is 0 Å². The number of hydrogen-bond acceptors (Lipinski definition) is 7. The Hall–Kier alpha value is -4.14. The molecule has 0 bridgehead atoms. The summed E-state index contributed by atoms with van der Waals surface area (Å²) in [6, 6.07) is 6.72. The zero-order chi connectivity index (χ0) is 30.2. The van der Waals surface area contributed by atoms with E-state index >= 15 is 0 Å². The fourth-order valence-corrected chi connectivity index (χ4v) is 5.15. The topological polar surface area (TPSA) is 155 Å². The molecule has 0 saturated carbocycles. The molecular weight excluding hydrogens is 585 g/mol. The number of nitrogens with zero attached hydrogens (tertiary/aromatic N) is 3. The van der Waals surface area contributed by atoms with E-state index in [9.17, 15) is 26.4 Å². The fourth-order valence-electron chi connectivity index (χ4n) is 4.45. The predicted molar refractivity (Wildman–Crippen MR) is 151 cm³/mol. The van der Waals surface area contributed by atoms with Crippen LogP contribution in [0.15, 0.2) is 51.7 Å². The standard InChI is InChI=1S/C26H24ClF3N6O4S/c1-33-22-19(7-5-16(27)20(22)24(32)35-41(3,38)39)36-25(18(31)10-12-8-13(28)11-14(29)9-12)34-21-15(26(36)37)4-6-17(30)23(21)40-2/h4-9,11,18,33H,10,31H2,1-3H3,(H2,32,35). The number of amidine groups is 1. The van der Waals surface area contributed by atoms with Crippen molar-refractivity contribution in [3.05, 3.63) is 92.2 Å². The maximum absolute atomic E-state index is 14.6.